The van der Waals surface area contributed by atoms with Gasteiger partial charge in [0.25, 0.3) is 0 Å². The molecule has 0 aromatic carbocycles. The molecule has 0 saturated heterocycles. The lowest BCUT2D eigenvalue weighted by Gasteiger charge is -1.90. The molecule has 0 aliphatic carbocycles. The second-order valence-corrected chi connectivity index (χ2v) is 5.66. The van der Waals surface area contributed by atoms with Gasteiger partial charge >= 0.3 is 12.1 Å². The normalized spacial score (nSPS) is 11.4. The van der Waals surface area contributed by atoms with Gasteiger partial charge < -0.3 is 15.3 Å². The number of hydrogen-bond donors (Lipinski definition) is 3. The van der Waals surface area contributed by atoms with Crippen LogP contribution in [0, 0.1) is 0 Å². The van der Waals surface area contributed by atoms with Crippen molar-refractivity contribution in [2.24, 2.45) is 0 Å². The quantitative estimate of drug-likeness (QED) is 0.243. The highest BCUT2D eigenvalue weighted by atomic mass is 16.6. The molecule has 148 valence electrons. The lowest BCUT2D eigenvalue weighted by atomic mass is 10.2. The number of aliphatic carboxylic acids is 1. The third-order valence-electron chi connectivity index (χ3n) is 3.22. The Morgan fingerprint density at radius 2 is 1.04 bits per heavy atom. The molecule has 0 saturated carbocycles. The van der Waals surface area contributed by atoms with Gasteiger partial charge in [-0.3, -0.25) is 4.79 Å². The summed E-state index contributed by atoms with van der Waals surface area (Å²) < 4.78 is 0. The Balaban J connectivity index is 0. The molecule has 0 atom stereocenters. The SMILES string of the molecule is CCCCC/C=C\C/C=C\C/C=C\C/C=C\CCCC(=O)O.O=C(O)O. The molecule has 0 aliphatic heterocycles. The maximum absolute atomic E-state index is 10.3. The molecule has 5 nitrogen and oxygen atoms in total. The molecular weight excluding hydrogens is 332 g/mol. The molecule has 5 heteroatoms. The van der Waals surface area contributed by atoms with Gasteiger partial charge in [-0.2, -0.15) is 0 Å². The van der Waals surface area contributed by atoms with Crippen LogP contribution in [0.1, 0.15) is 71.1 Å². The van der Waals surface area contributed by atoms with Crippen molar-refractivity contribution in [1.82, 2.24) is 0 Å². The molecule has 0 bridgehead atoms. The Bertz CT molecular complexity index is 443. The fourth-order valence-electron chi connectivity index (χ4n) is 1.93. The Morgan fingerprint density at radius 3 is 1.42 bits per heavy atom. The molecular formula is C21H34O5. The highest BCUT2D eigenvalue weighted by Gasteiger charge is 1.92. The van der Waals surface area contributed by atoms with Gasteiger partial charge in [-0.25, -0.2) is 4.79 Å². The van der Waals surface area contributed by atoms with E-state index >= 15 is 0 Å². The summed E-state index contributed by atoms with van der Waals surface area (Å²) in [6.45, 7) is 2.23. The van der Waals surface area contributed by atoms with Crippen molar-refractivity contribution in [1.29, 1.82) is 0 Å². The van der Waals surface area contributed by atoms with Crippen LogP contribution in [0.2, 0.25) is 0 Å². The molecule has 0 spiro atoms. The van der Waals surface area contributed by atoms with Crippen molar-refractivity contribution >= 4 is 12.1 Å². The van der Waals surface area contributed by atoms with Crippen LogP contribution in [0.15, 0.2) is 48.6 Å². The van der Waals surface area contributed by atoms with Crippen LogP contribution in [0.3, 0.4) is 0 Å². The van der Waals surface area contributed by atoms with Crippen molar-refractivity contribution in [3.8, 4) is 0 Å². The molecule has 0 unspecified atom stereocenters. The van der Waals surface area contributed by atoms with E-state index in [9.17, 15) is 4.79 Å². The smallest absolute Gasteiger partial charge is 0.481 e. The molecule has 0 fully saturated rings. The first-order valence-electron chi connectivity index (χ1n) is 9.24. The third kappa shape index (κ3) is 33.3. The fourth-order valence-corrected chi connectivity index (χ4v) is 1.93. The van der Waals surface area contributed by atoms with Gasteiger partial charge in [-0.1, -0.05) is 68.4 Å². The third-order valence-corrected chi connectivity index (χ3v) is 3.22. The summed E-state index contributed by atoms with van der Waals surface area (Å²) in [6.07, 6.45) is 25.5. The van der Waals surface area contributed by atoms with Crippen LogP contribution < -0.4 is 0 Å². The van der Waals surface area contributed by atoms with E-state index in [2.05, 4.69) is 55.5 Å². The van der Waals surface area contributed by atoms with Gasteiger partial charge in [-0.05, 0) is 44.9 Å². The molecule has 26 heavy (non-hydrogen) atoms. The van der Waals surface area contributed by atoms with Crippen molar-refractivity contribution in [2.75, 3.05) is 0 Å². The lowest BCUT2D eigenvalue weighted by Crippen LogP contribution is -1.92. The van der Waals surface area contributed by atoms with E-state index in [0.717, 1.165) is 32.1 Å². The molecule has 0 rings (SSSR count). The Morgan fingerprint density at radius 1 is 0.654 bits per heavy atom. The number of unbranched alkanes of at least 4 members (excludes halogenated alkanes) is 4. The molecule has 0 radical (unpaired) electrons. The lowest BCUT2D eigenvalue weighted by molar-refractivity contribution is -0.137. The van der Waals surface area contributed by atoms with Crippen LogP contribution in [-0.2, 0) is 4.79 Å². The largest absolute Gasteiger partial charge is 0.503 e. The summed E-state index contributed by atoms with van der Waals surface area (Å²) in [5, 5.41) is 22.4. The van der Waals surface area contributed by atoms with Crippen LogP contribution in [0.25, 0.3) is 0 Å². The second-order valence-electron chi connectivity index (χ2n) is 5.66. The van der Waals surface area contributed by atoms with E-state index in [0.29, 0.717) is 0 Å². The monoisotopic (exact) mass is 366 g/mol. The minimum absolute atomic E-state index is 0.262. The Kier molecular flexibility index (Phi) is 22.6. The van der Waals surface area contributed by atoms with Crippen molar-refractivity contribution in [3.05, 3.63) is 48.6 Å². The molecule has 0 aromatic heterocycles. The van der Waals surface area contributed by atoms with Gasteiger partial charge in [0.2, 0.25) is 0 Å². The predicted molar refractivity (Wildman–Crippen MR) is 107 cm³/mol. The minimum atomic E-state index is -1.83. The number of allylic oxidation sites excluding steroid dienone is 8. The average molecular weight is 366 g/mol. The highest BCUT2D eigenvalue weighted by Crippen LogP contribution is 2.01. The fraction of sp³-hybridized carbons (Fsp3) is 0.524. The van der Waals surface area contributed by atoms with E-state index in [1.807, 2.05) is 0 Å². The zero-order chi connectivity index (χ0) is 19.9. The zero-order valence-electron chi connectivity index (χ0n) is 15.8. The first kappa shape index (κ1) is 25.9. The first-order chi connectivity index (χ1) is 12.5. The van der Waals surface area contributed by atoms with Gasteiger partial charge in [-0.15, -0.1) is 0 Å². The summed E-state index contributed by atoms with van der Waals surface area (Å²) in [7, 11) is 0. The standard InChI is InChI=1S/C20H32O2.CH2O3/c1-2-3-4-5-6-7-8-9-10-11-12-13-14-15-16-17-18-19-20(21)22;2-1(3)4/h6-7,9-10,12-13,15-16H,2-5,8,11,14,17-19H2,1H3,(H,21,22);(H2,2,3,4)/b7-6-,10-9-,13-12-,16-15-;. The first-order valence-corrected chi connectivity index (χ1v) is 9.24. The molecule has 0 heterocycles. The molecule has 3 N–H and O–H groups in total. The van der Waals surface area contributed by atoms with E-state index in [4.69, 9.17) is 20.1 Å². The number of hydrogen-bond acceptors (Lipinski definition) is 2. The number of carboxylic acids is 1. The van der Waals surface area contributed by atoms with Gasteiger partial charge in [0, 0.05) is 6.42 Å². The van der Waals surface area contributed by atoms with Crippen molar-refractivity contribution in [2.45, 2.75) is 71.1 Å². The maximum Gasteiger partial charge on any atom is 0.503 e. The molecule has 0 aliphatic rings. The van der Waals surface area contributed by atoms with Gasteiger partial charge in [0.05, 0.1) is 0 Å². The summed E-state index contributed by atoms with van der Waals surface area (Å²) in [6, 6.07) is 0. The topological polar surface area (TPSA) is 94.8 Å². The second kappa shape index (κ2) is 22.7. The summed E-state index contributed by atoms with van der Waals surface area (Å²) in [5.41, 5.74) is 0. The average Bonchev–Trinajstić information content (AvgIpc) is 2.57. The van der Waals surface area contributed by atoms with Crippen LogP contribution in [0.5, 0.6) is 0 Å². The van der Waals surface area contributed by atoms with Crippen molar-refractivity contribution < 1.29 is 24.9 Å². The zero-order valence-corrected chi connectivity index (χ0v) is 15.8. The highest BCUT2D eigenvalue weighted by molar-refractivity contribution is 5.66. The van der Waals surface area contributed by atoms with Crippen LogP contribution >= 0.6 is 0 Å². The van der Waals surface area contributed by atoms with Crippen LogP contribution in [-0.4, -0.2) is 27.4 Å². The number of carboxylic acid groups (broad SMARTS) is 3. The van der Waals surface area contributed by atoms with Crippen LogP contribution in [0.4, 0.5) is 4.79 Å². The van der Waals surface area contributed by atoms with Gasteiger partial charge in [0.1, 0.15) is 0 Å². The Hall–Kier alpha value is -2.30. The van der Waals surface area contributed by atoms with Gasteiger partial charge in [0.15, 0.2) is 0 Å². The van der Waals surface area contributed by atoms with E-state index < -0.39 is 12.1 Å². The molecule has 0 amide bonds. The predicted octanol–water partition coefficient (Wildman–Crippen LogP) is 6.44. The molecule has 0 aromatic rings. The van der Waals surface area contributed by atoms with Crippen molar-refractivity contribution in [3.63, 3.8) is 0 Å². The number of carbonyl (C=O) groups is 2. The Labute approximate surface area is 157 Å². The maximum atomic E-state index is 10.3. The summed E-state index contributed by atoms with van der Waals surface area (Å²) in [5.74, 6) is -0.712. The summed E-state index contributed by atoms with van der Waals surface area (Å²) in [4.78, 5) is 18.9. The van der Waals surface area contributed by atoms with E-state index in [1.165, 1.54) is 25.7 Å². The van der Waals surface area contributed by atoms with E-state index in [1.54, 1.807) is 0 Å². The van der Waals surface area contributed by atoms with E-state index in [-0.39, 0.29) is 6.42 Å². The summed E-state index contributed by atoms with van der Waals surface area (Å²) >= 11 is 0. The number of rotatable bonds is 14. The minimum Gasteiger partial charge on any atom is -0.481 e.